The van der Waals surface area contributed by atoms with Gasteiger partial charge in [-0.2, -0.15) is 0 Å². The molecule has 0 bridgehead atoms. The van der Waals surface area contributed by atoms with Gasteiger partial charge in [-0.25, -0.2) is 13.1 Å². The summed E-state index contributed by atoms with van der Waals surface area (Å²) in [5, 5.41) is 10.2. The number of carbonyl (C=O) groups excluding carboxylic acids is 1. The summed E-state index contributed by atoms with van der Waals surface area (Å²) in [7, 11) is -3.80. The maximum Gasteiger partial charge on any atom is 0.269 e. The number of benzene rings is 2. The van der Waals surface area contributed by atoms with Gasteiger partial charge in [-0.1, -0.05) is 66.3 Å². The van der Waals surface area contributed by atoms with E-state index in [-0.39, 0.29) is 27.8 Å². The van der Waals surface area contributed by atoms with Crippen LogP contribution in [0.3, 0.4) is 0 Å². The Bertz CT molecular complexity index is 1050. The van der Waals surface area contributed by atoms with Gasteiger partial charge in [-0.15, -0.1) is 10.2 Å². The van der Waals surface area contributed by atoms with Crippen molar-refractivity contribution in [1.29, 1.82) is 0 Å². The number of rotatable bonds is 7. The summed E-state index contributed by atoms with van der Waals surface area (Å²) in [5.41, 5.74) is 2.53. The SMILES string of the molecule is Cc1ccc(C(=O)Nc2nnc(S(=O)(=O)NCC(C)c3ccccc3)s2)cc1. The van der Waals surface area contributed by atoms with E-state index in [1.165, 1.54) is 0 Å². The molecule has 9 heteroatoms. The van der Waals surface area contributed by atoms with Crippen LogP contribution < -0.4 is 10.0 Å². The first-order chi connectivity index (χ1) is 13.3. The van der Waals surface area contributed by atoms with Crippen LogP contribution in [0.15, 0.2) is 58.9 Å². The molecule has 0 aliphatic carbocycles. The Kier molecular flexibility index (Phi) is 6.18. The molecule has 3 rings (SSSR count). The van der Waals surface area contributed by atoms with Crippen LogP contribution in [0.2, 0.25) is 0 Å². The predicted molar refractivity (Wildman–Crippen MR) is 109 cm³/mol. The fraction of sp³-hybridized carbons (Fsp3) is 0.211. The van der Waals surface area contributed by atoms with Crippen LogP contribution in [0.1, 0.15) is 34.3 Å². The van der Waals surface area contributed by atoms with Crippen molar-refractivity contribution in [3.8, 4) is 0 Å². The van der Waals surface area contributed by atoms with E-state index in [9.17, 15) is 13.2 Å². The molecule has 28 heavy (non-hydrogen) atoms. The van der Waals surface area contributed by atoms with Gasteiger partial charge < -0.3 is 0 Å². The summed E-state index contributed by atoms with van der Waals surface area (Å²) in [4.78, 5) is 12.2. The minimum Gasteiger partial charge on any atom is -0.296 e. The fourth-order valence-electron chi connectivity index (χ4n) is 2.44. The van der Waals surface area contributed by atoms with Gasteiger partial charge in [-0.05, 0) is 30.5 Å². The summed E-state index contributed by atoms with van der Waals surface area (Å²) >= 11 is 0.809. The van der Waals surface area contributed by atoms with Gasteiger partial charge in [0.2, 0.25) is 9.47 Å². The highest BCUT2D eigenvalue weighted by Crippen LogP contribution is 2.21. The lowest BCUT2D eigenvalue weighted by Gasteiger charge is -2.12. The Morgan fingerprint density at radius 1 is 1.07 bits per heavy atom. The summed E-state index contributed by atoms with van der Waals surface area (Å²) in [6.07, 6.45) is 0. The third-order valence-electron chi connectivity index (χ3n) is 4.12. The summed E-state index contributed by atoms with van der Waals surface area (Å²) in [6.45, 7) is 4.09. The van der Waals surface area contributed by atoms with Gasteiger partial charge in [0, 0.05) is 12.1 Å². The van der Waals surface area contributed by atoms with Crippen molar-refractivity contribution < 1.29 is 13.2 Å². The summed E-state index contributed by atoms with van der Waals surface area (Å²) < 4.78 is 27.3. The van der Waals surface area contributed by atoms with Crippen LogP contribution in [0.4, 0.5) is 5.13 Å². The number of hydrogen-bond donors (Lipinski definition) is 2. The summed E-state index contributed by atoms with van der Waals surface area (Å²) in [6, 6.07) is 16.7. The molecule has 0 saturated heterocycles. The standard InChI is InChI=1S/C19H20N4O3S2/c1-13-8-10-16(11-9-13)17(24)21-18-22-23-19(27-18)28(25,26)20-12-14(2)15-6-4-3-5-7-15/h3-11,14,20H,12H2,1-2H3,(H,21,22,24). The van der Waals surface area contributed by atoms with Crippen LogP contribution >= 0.6 is 11.3 Å². The van der Waals surface area contributed by atoms with Gasteiger partial charge in [-0.3, -0.25) is 10.1 Å². The zero-order valence-electron chi connectivity index (χ0n) is 15.4. The number of sulfonamides is 1. The Balaban J connectivity index is 1.63. The lowest BCUT2D eigenvalue weighted by atomic mass is 10.0. The van der Waals surface area contributed by atoms with Crippen LogP contribution in [0.25, 0.3) is 0 Å². The highest BCUT2D eigenvalue weighted by atomic mass is 32.2. The maximum absolute atomic E-state index is 12.5. The first kappa shape index (κ1) is 20.1. The molecule has 7 nitrogen and oxygen atoms in total. The molecule has 3 aromatic rings. The molecule has 1 amide bonds. The summed E-state index contributed by atoms with van der Waals surface area (Å²) in [5.74, 6) is -0.365. The van der Waals surface area contributed by atoms with Gasteiger partial charge in [0.15, 0.2) is 0 Å². The van der Waals surface area contributed by atoms with Crippen molar-refractivity contribution in [3.05, 3.63) is 71.3 Å². The monoisotopic (exact) mass is 416 g/mol. The minimum atomic E-state index is -3.80. The Hall–Kier alpha value is -2.62. The normalized spacial score (nSPS) is 12.5. The number of hydrogen-bond acceptors (Lipinski definition) is 6. The maximum atomic E-state index is 12.5. The molecule has 0 aliphatic rings. The van der Waals surface area contributed by atoms with Crippen molar-refractivity contribution in [2.75, 3.05) is 11.9 Å². The third kappa shape index (κ3) is 5.00. The van der Waals surface area contributed by atoms with E-state index >= 15 is 0 Å². The number of amides is 1. The number of nitrogens with zero attached hydrogens (tertiary/aromatic N) is 2. The second-order valence-corrected chi connectivity index (χ2v) is 9.28. The molecule has 0 fully saturated rings. The van der Waals surface area contributed by atoms with Crippen molar-refractivity contribution in [1.82, 2.24) is 14.9 Å². The Morgan fingerprint density at radius 3 is 2.43 bits per heavy atom. The molecule has 1 heterocycles. The van der Waals surface area contributed by atoms with Crippen molar-refractivity contribution in [2.24, 2.45) is 0 Å². The molecule has 2 N–H and O–H groups in total. The number of aromatic nitrogens is 2. The van der Waals surface area contributed by atoms with E-state index < -0.39 is 10.0 Å². The van der Waals surface area contributed by atoms with E-state index in [0.717, 1.165) is 22.5 Å². The molecule has 0 radical (unpaired) electrons. The molecule has 0 spiro atoms. The Labute approximate surface area is 167 Å². The zero-order chi connectivity index (χ0) is 20.1. The molecule has 1 unspecified atom stereocenters. The van der Waals surface area contributed by atoms with E-state index in [4.69, 9.17) is 0 Å². The smallest absolute Gasteiger partial charge is 0.269 e. The van der Waals surface area contributed by atoms with E-state index in [0.29, 0.717) is 5.56 Å². The van der Waals surface area contributed by atoms with Crippen LogP contribution in [0, 0.1) is 6.92 Å². The largest absolute Gasteiger partial charge is 0.296 e. The first-order valence-electron chi connectivity index (χ1n) is 8.61. The van der Waals surface area contributed by atoms with E-state index in [2.05, 4.69) is 20.2 Å². The molecule has 1 atom stereocenters. The van der Waals surface area contributed by atoms with Crippen molar-refractivity contribution in [3.63, 3.8) is 0 Å². The van der Waals surface area contributed by atoms with Gasteiger partial charge >= 0.3 is 0 Å². The van der Waals surface area contributed by atoms with E-state index in [1.54, 1.807) is 12.1 Å². The molecule has 1 aromatic heterocycles. The van der Waals surface area contributed by atoms with Crippen LogP contribution in [-0.4, -0.2) is 31.1 Å². The lowest BCUT2D eigenvalue weighted by Crippen LogP contribution is -2.27. The minimum absolute atomic E-state index is 0.00427. The molecule has 0 aliphatic heterocycles. The first-order valence-corrected chi connectivity index (χ1v) is 10.9. The quantitative estimate of drug-likeness (QED) is 0.576. The van der Waals surface area contributed by atoms with Crippen molar-refractivity contribution >= 4 is 32.4 Å². The fourth-order valence-corrected chi connectivity index (χ4v) is 4.51. The van der Waals surface area contributed by atoms with Gasteiger partial charge in [0.05, 0.1) is 0 Å². The molecular formula is C19H20N4O3S2. The zero-order valence-corrected chi connectivity index (χ0v) is 17.0. The Morgan fingerprint density at radius 2 is 1.75 bits per heavy atom. The molecule has 2 aromatic carbocycles. The average molecular weight is 417 g/mol. The number of nitrogens with one attached hydrogen (secondary N) is 2. The molecule has 0 saturated carbocycles. The highest BCUT2D eigenvalue weighted by molar-refractivity contribution is 7.91. The topological polar surface area (TPSA) is 101 Å². The van der Waals surface area contributed by atoms with Crippen molar-refractivity contribution in [2.45, 2.75) is 24.1 Å². The second-order valence-electron chi connectivity index (χ2n) is 6.36. The average Bonchev–Trinajstić information content (AvgIpc) is 3.17. The molecule has 146 valence electrons. The number of aryl methyl sites for hydroxylation is 1. The van der Waals surface area contributed by atoms with Crippen LogP contribution in [-0.2, 0) is 10.0 Å². The van der Waals surface area contributed by atoms with Gasteiger partial charge in [0.25, 0.3) is 15.9 Å². The second kappa shape index (κ2) is 8.59. The third-order valence-corrected chi connectivity index (χ3v) is 6.75. The lowest BCUT2D eigenvalue weighted by molar-refractivity contribution is 0.102. The van der Waals surface area contributed by atoms with E-state index in [1.807, 2.05) is 56.3 Å². The highest BCUT2D eigenvalue weighted by Gasteiger charge is 2.22. The molecular weight excluding hydrogens is 396 g/mol. The predicted octanol–water partition coefficient (Wildman–Crippen LogP) is 3.18. The van der Waals surface area contributed by atoms with Crippen LogP contribution in [0.5, 0.6) is 0 Å². The van der Waals surface area contributed by atoms with Gasteiger partial charge in [0.1, 0.15) is 0 Å². The number of anilines is 1. The number of carbonyl (C=O) groups is 1.